The fraction of sp³-hybridized carbons (Fsp3) is 0.0455. The SMILES string of the molecule is O=C(N=c1c(Cl)cn(O)cc1Cl)C(=O)c1cn(Cc2ccc(O)cc2)c2c(O)cccc12. The van der Waals surface area contributed by atoms with Crippen LogP contribution in [-0.4, -0.2) is 36.4 Å². The maximum absolute atomic E-state index is 13.0. The molecule has 3 N–H and O–H groups in total. The number of pyridine rings is 1. The number of para-hydroxylation sites is 1. The van der Waals surface area contributed by atoms with Crippen LogP contribution in [0, 0.1) is 0 Å². The fourth-order valence-corrected chi connectivity index (χ4v) is 3.86. The molecule has 32 heavy (non-hydrogen) atoms. The Morgan fingerprint density at radius 3 is 2.25 bits per heavy atom. The Morgan fingerprint density at radius 2 is 1.59 bits per heavy atom. The summed E-state index contributed by atoms with van der Waals surface area (Å²) in [5, 5.41) is 29.3. The van der Waals surface area contributed by atoms with Crippen LogP contribution >= 0.6 is 23.2 Å². The van der Waals surface area contributed by atoms with Crippen LogP contribution in [-0.2, 0) is 11.3 Å². The number of ketones is 1. The summed E-state index contributed by atoms with van der Waals surface area (Å²) in [6.45, 7) is 0.278. The molecular formula is C22H15Cl2N3O5. The fourth-order valence-electron chi connectivity index (χ4n) is 3.32. The number of carbonyl (C=O) groups is 2. The highest BCUT2D eigenvalue weighted by Gasteiger charge is 2.23. The van der Waals surface area contributed by atoms with Gasteiger partial charge in [0.05, 0.1) is 33.5 Å². The Bertz CT molecular complexity index is 1410. The number of aromatic nitrogens is 2. The van der Waals surface area contributed by atoms with Crippen LogP contribution in [0.1, 0.15) is 15.9 Å². The van der Waals surface area contributed by atoms with E-state index >= 15 is 0 Å². The monoisotopic (exact) mass is 471 g/mol. The summed E-state index contributed by atoms with van der Waals surface area (Å²) < 4.78 is 2.24. The molecule has 4 rings (SSSR count). The number of fused-ring (bicyclic) bond motifs is 1. The van der Waals surface area contributed by atoms with Gasteiger partial charge in [-0.2, -0.15) is 4.73 Å². The number of halogens is 2. The number of aromatic hydroxyl groups is 2. The second-order valence-corrected chi connectivity index (χ2v) is 7.75. The summed E-state index contributed by atoms with van der Waals surface area (Å²) >= 11 is 11.9. The van der Waals surface area contributed by atoms with Crippen molar-refractivity contribution >= 4 is 45.8 Å². The molecule has 0 fully saturated rings. The van der Waals surface area contributed by atoms with E-state index in [0.29, 0.717) is 15.6 Å². The maximum atomic E-state index is 13.0. The summed E-state index contributed by atoms with van der Waals surface area (Å²) in [5.74, 6) is -1.98. The third-order valence-electron chi connectivity index (χ3n) is 4.76. The van der Waals surface area contributed by atoms with Gasteiger partial charge in [-0.15, -0.1) is 0 Å². The lowest BCUT2D eigenvalue weighted by Gasteiger charge is -2.07. The van der Waals surface area contributed by atoms with Crippen molar-refractivity contribution in [3.8, 4) is 11.5 Å². The molecule has 0 radical (unpaired) electrons. The number of nitrogens with zero attached hydrogens (tertiary/aromatic N) is 3. The smallest absolute Gasteiger partial charge is 0.318 e. The van der Waals surface area contributed by atoms with Gasteiger partial charge in [-0.25, -0.2) is 4.99 Å². The van der Waals surface area contributed by atoms with Gasteiger partial charge < -0.3 is 20.0 Å². The first-order chi connectivity index (χ1) is 15.2. The van der Waals surface area contributed by atoms with Gasteiger partial charge in [0.25, 0.3) is 5.78 Å². The van der Waals surface area contributed by atoms with Crippen LogP contribution < -0.4 is 5.36 Å². The predicted molar refractivity (Wildman–Crippen MR) is 117 cm³/mol. The van der Waals surface area contributed by atoms with E-state index in [1.54, 1.807) is 28.8 Å². The molecule has 2 heterocycles. The number of rotatable bonds is 4. The van der Waals surface area contributed by atoms with Crippen LogP contribution in [0.15, 0.2) is 66.0 Å². The van der Waals surface area contributed by atoms with Gasteiger partial charge in [-0.1, -0.05) is 47.5 Å². The van der Waals surface area contributed by atoms with Gasteiger partial charge in [0.1, 0.15) is 16.9 Å². The van der Waals surface area contributed by atoms with Crippen LogP contribution in [0.5, 0.6) is 11.5 Å². The van der Waals surface area contributed by atoms with Crippen LogP contribution in [0.3, 0.4) is 0 Å². The second-order valence-electron chi connectivity index (χ2n) is 6.94. The number of carbonyl (C=O) groups excluding carboxylic acids is 2. The molecule has 10 heteroatoms. The number of hydrogen-bond donors (Lipinski definition) is 3. The first-order valence-electron chi connectivity index (χ1n) is 9.23. The highest BCUT2D eigenvalue weighted by molar-refractivity contribution is 6.45. The minimum absolute atomic E-state index is 0.0452. The van der Waals surface area contributed by atoms with E-state index in [-0.39, 0.29) is 39.0 Å². The molecule has 2 aromatic carbocycles. The zero-order chi connectivity index (χ0) is 23.0. The molecule has 0 atom stereocenters. The molecule has 0 aliphatic heterocycles. The molecule has 1 amide bonds. The first-order valence-corrected chi connectivity index (χ1v) is 9.99. The molecule has 2 aromatic heterocycles. The van der Waals surface area contributed by atoms with Crippen molar-refractivity contribution in [3.63, 3.8) is 0 Å². The van der Waals surface area contributed by atoms with Gasteiger partial charge in [-0.05, 0) is 23.8 Å². The Hall–Kier alpha value is -3.75. The Labute approximate surface area is 190 Å². The van der Waals surface area contributed by atoms with Gasteiger partial charge in [0, 0.05) is 18.1 Å². The summed E-state index contributed by atoms with van der Waals surface area (Å²) in [7, 11) is 0. The number of Topliss-reactive ketones (excluding diaryl/α,β-unsaturated/α-hetero) is 1. The lowest BCUT2D eigenvalue weighted by Crippen LogP contribution is -2.18. The number of benzene rings is 2. The van der Waals surface area contributed by atoms with Crippen LogP contribution in [0.4, 0.5) is 0 Å². The number of phenols is 2. The minimum atomic E-state index is -1.11. The lowest BCUT2D eigenvalue weighted by molar-refractivity contribution is -0.114. The molecule has 0 saturated heterocycles. The topological polar surface area (TPSA) is 117 Å². The molecular weight excluding hydrogens is 457 g/mol. The Balaban J connectivity index is 1.78. The number of hydrogen-bond acceptors (Lipinski definition) is 5. The molecule has 0 aliphatic carbocycles. The number of phenolic OH excluding ortho intramolecular Hbond substituents is 2. The second kappa shape index (κ2) is 8.41. The molecule has 0 bridgehead atoms. The van der Waals surface area contributed by atoms with Crippen molar-refractivity contribution in [2.45, 2.75) is 6.54 Å². The Morgan fingerprint density at radius 1 is 0.938 bits per heavy atom. The van der Waals surface area contributed by atoms with E-state index in [4.69, 9.17) is 23.2 Å². The summed E-state index contributed by atoms with van der Waals surface area (Å²) in [4.78, 5) is 29.3. The summed E-state index contributed by atoms with van der Waals surface area (Å²) in [6, 6.07) is 11.1. The molecule has 4 aromatic rings. The average Bonchev–Trinajstić information content (AvgIpc) is 3.11. The minimum Gasteiger partial charge on any atom is -0.508 e. The molecule has 8 nitrogen and oxygen atoms in total. The summed E-state index contributed by atoms with van der Waals surface area (Å²) in [6.07, 6.45) is 3.61. The molecule has 162 valence electrons. The van der Waals surface area contributed by atoms with E-state index < -0.39 is 11.7 Å². The van der Waals surface area contributed by atoms with Crippen molar-refractivity contribution < 1.29 is 25.0 Å². The molecule has 0 spiro atoms. The third kappa shape index (κ3) is 4.05. The van der Waals surface area contributed by atoms with E-state index in [1.807, 2.05) is 0 Å². The predicted octanol–water partition coefficient (Wildman–Crippen LogP) is 3.76. The molecule has 0 aliphatic rings. The quantitative estimate of drug-likeness (QED) is 0.238. The summed E-state index contributed by atoms with van der Waals surface area (Å²) in [5.41, 5.74) is 1.22. The van der Waals surface area contributed by atoms with E-state index in [9.17, 15) is 25.0 Å². The highest BCUT2D eigenvalue weighted by atomic mass is 35.5. The average molecular weight is 472 g/mol. The first kappa shape index (κ1) is 21.5. The normalized spacial score (nSPS) is 10.9. The van der Waals surface area contributed by atoms with Crippen molar-refractivity contribution in [2.75, 3.05) is 0 Å². The largest absolute Gasteiger partial charge is 0.508 e. The van der Waals surface area contributed by atoms with E-state index in [0.717, 1.165) is 18.0 Å². The van der Waals surface area contributed by atoms with E-state index in [2.05, 4.69) is 4.99 Å². The standard InChI is InChI=1S/C22H15Cl2N3O5/c23-16-10-27(32)11-17(24)19(16)25-22(31)21(30)15-9-26(8-12-4-6-13(28)7-5-12)20-14(15)2-1-3-18(20)29/h1-7,9-11,28-29,32H,8H2. The van der Waals surface area contributed by atoms with Crippen molar-refractivity contribution in [1.29, 1.82) is 0 Å². The van der Waals surface area contributed by atoms with Gasteiger partial charge >= 0.3 is 5.91 Å². The van der Waals surface area contributed by atoms with Crippen molar-refractivity contribution in [1.82, 2.24) is 9.30 Å². The molecule has 0 saturated carbocycles. The Kier molecular flexibility index (Phi) is 5.65. The van der Waals surface area contributed by atoms with Crippen LogP contribution in [0.25, 0.3) is 10.9 Å². The molecule has 0 unspecified atom stereocenters. The number of amides is 1. The van der Waals surface area contributed by atoms with Gasteiger partial charge in [-0.3, -0.25) is 9.59 Å². The zero-order valence-electron chi connectivity index (χ0n) is 16.2. The van der Waals surface area contributed by atoms with Gasteiger partial charge in [0.15, 0.2) is 0 Å². The van der Waals surface area contributed by atoms with Crippen molar-refractivity contribution in [2.24, 2.45) is 4.99 Å². The van der Waals surface area contributed by atoms with Crippen molar-refractivity contribution in [3.05, 3.63) is 87.6 Å². The van der Waals surface area contributed by atoms with E-state index in [1.165, 1.54) is 24.4 Å². The maximum Gasteiger partial charge on any atom is 0.318 e. The lowest BCUT2D eigenvalue weighted by atomic mass is 10.1. The van der Waals surface area contributed by atoms with Gasteiger partial charge in [0.2, 0.25) is 0 Å². The van der Waals surface area contributed by atoms with Crippen LogP contribution in [0.2, 0.25) is 10.0 Å². The third-order valence-corrected chi connectivity index (χ3v) is 5.32. The highest BCUT2D eigenvalue weighted by Crippen LogP contribution is 2.30. The zero-order valence-corrected chi connectivity index (χ0v) is 17.7.